The summed E-state index contributed by atoms with van der Waals surface area (Å²) in [6.07, 6.45) is 1.18. The number of hydrogen-bond donors (Lipinski definition) is 1. The highest BCUT2D eigenvalue weighted by Gasteiger charge is 2.29. The van der Waals surface area contributed by atoms with Gasteiger partial charge in [-0.1, -0.05) is 6.92 Å². The first-order chi connectivity index (χ1) is 9.72. The second-order valence-corrected chi connectivity index (χ2v) is 8.70. The molecular formula is C14H19N3S3. The Morgan fingerprint density at radius 3 is 2.85 bits per heavy atom. The third-order valence-corrected chi connectivity index (χ3v) is 7.66. The number of aromatic nitrogens is 2. The lowest BCUT2D eigenvalue weighted by atomic mass is 10.2. The van der Waals surface area contributed by atoms with E-state index >= 15 is 0 Å². The SMILES string of the molecule is CCC1SCCSC1c1nc(NC)c2cc(C)sc2n1. The molecule has 2 atom stereocenters. The van der Waals surface area contributed by atoms with Gasteiger partial charge >= 0.3 is 0 Å². The first-order valence-corrected chi connectivity index (χ1v) is 9.83. The number of hydrogen-bond acceptors (Lipinski definition) is 6. The molecule has 0 saturated carbocycles. The predicted molar refractivity (Wildman–Crippen MR) is 93.4 cm³/mol. The highest BCUT2D eigenvalue weighted by molar-refractivity contribution is 8.06. The van der Waals surface area contributed by atoms with E-state index in [0.717, 1.165) is 21.9 Å². The summed E-state index contributed by atoms with van der Waals surface area (Å²) in [6, 6.07) is 2.18. The minimum absolute atomic E-state index is 0.428. The molecule has 3 nitrogen and oxygen atoms in total. The number of aryl methyl sites for hydroxylation is 1. The van der Waals surface area contributed by atoms with Crippen LogP contribution in [0, 0.1) is 6.92 Å². The van der Waals surface area contributed by atoms with Crippen LogP contribution in [0.4, 0.5) is 5.82 Å². The monoisotopic (exact) mass is 325 g/mol. The van der Waals surface area contributed by atoms with E-state index in [1.807, 2.05) is 18.8 Å². The lowest BCUT2D eigenvalue weighted by molar-refractivity contribution is 0.755. The highest BCUT2D eigenvalue weighted by atomic mass is 32.2. The molecule has 0 amide bonds. The van der Waals surface area contributed by atoms with Gasteiger partial charge in [0.25, 0.3) is 0 Å². The second kappa shape index (κ2) is 6.12. The van der Waals surface area contributed by atoms with Crippen molar-refractivity contribution in [3.05, 3.63) is 16.8 Å². The Balaban J connectivity index is 2.06. The zero-order valence-electron chi connectivity index (χ0n) is 12.0. The van der Waals surface area contributed by atoms with E-state index < -0.39 is 0 Å². The molecule has 0 bridgehead atoms. The Bertz CT molecular complexity index is 611. The molecule has 3 heterocycles. The quantitative estimate of drug-likeness (QED) is 0.908. The van der Waals surface area contributed by atoms with E-state index in [0.29, 0.717) is 10.5 Å². The average molecular weight is 326 g/mol. The van der Waals surface area contributed by atoms with Crippen molar-refractivity contribution < 1.29 is 0 Å². The molecule has 2 unspecified atom stereocenters. The molecule has 1 aliphatic heterocycles. The van der Waals surface area contributed by atoms with E-state index in [1.54, 1.807) is 11.3 Å². The van der Waals surface area contributed by atoms with Gasteiger partial charge in [0, 0.05) is 28.7 Å². The number of fused-ring (bicyclic) bond motifs is 1. The van der Waals surface area contributed by atoms with Gasteiger partial charge in [-0.15, -0.1) is 23.1 Å². The Kier molecular flexibility index (Phi) is 4.43. The predicted octanol–water partition coefficient (Wildman–Crippen LogP) is 4.34. The van der Waals surface area contributed by atoms with Gasteiger partial charge in [-0.05, 0) is 19.4 Å². The van der Waals surface area contributed by atoms with Crippen LogP contribution in [0.3, 0.4) is 0 Å². The van der Waals surface area contributed by atoms with Crippen LogP contribution in [0.2, 0.25) is 0 Å². The summed E-state index contributed by atoms with van der Waals surface area (Å²) in [6.45, 7) is 4.40. The van der Waals surface area contributed by atoms with Crippen molar-refractivity contribution >= 4 is 50.9 Å². The first kappa shape index (κ1) is 14.5. The van der Waals surface area contributed by atoms with Gasteiger partial charge in [0.1, 0.15) is 16.5 Å². The lowest BCUT2D eigenvalue weighted by Crippen LogP contribution is -2.20. The summed E-state index contributed by atoms with van der Waals surface area (Å²) < 4.78 is 0. The maximum absolute atomic E-state index is 4.86. The topological polar surface area (TPSA) is 37.8 Å². The van der Waals surface area contributed by atoms with Crippen molar-refractivity contribution in [3.8, 4) is 0 Å². The largest absolute Gasteiger partial charge is 0.372 e. The first-order valence-electron chi connectivity index (χ1n) is 6.92. The summed E-state index contributed by atoms with van der Waals surface area (Å²) in [5, 5.41) is 5.45. The second-order valence-electron chi connectivity index (χ2n) is 4.87. The van der Waals surface area contributed by atoms with Gasteiger partial charge in [0.15, 0.2) is 0 Å². The smallest absolute Gasteiger partial charge is 0.146 e. The zero-order valence-corrected chi connectivity index (χ0v) is 14.4. The number of nitrogens with zero attached hydrogens (tertiary/aromatic N) is 2. The molecule has 1 fully saturated rings. The summed E-state index contributed by atoms with van der Waals surface area (Å²) in [5.41, 5.74) is 0. The van der Waals surface area contributed by atoms with Gasteiger partial charge < -0.3 is 5.32 Å². The summed E-state index contributed by atoms with van der Waals surface area (Å²) in [4.78, 5) is 12.1. The lowest BCUT2D eigenvalue weighted by Gasteiger charge is -2.28. The maximum atomic E-state index is 4.86. The summed E-state index contributed by atoms with van der Waals surface area (Å²) in [7, 11) is 1.94. The van der Waals surface area contributed by atoms with E-state index in [9.17, 15) is 0 Å². The van der Waals surface area contributed by atoms with Gasteiger partial charge in [-0.3, -0.25) is 0 Å². The number of thioether (sulfide) groups is 2. The van der Waals surface area contributed by atoms with Crippen molar-refractivity contribution in [2.24, 2.45) is 0 Å². The molecule has 1 N–H and O–H groups in total. The van der Waals surface area contributed by atoms with Crippen molar-refractivity contribution in [1.82, 2.24) is 9.97 Å². The fraction of sp³-hybridized carbons (Fsp3) is 0.571. The van der Waals surface area contributed by atoms with Crippen LogP contribution >= 0.6 is 34.9 Å². The highest BCUT2D eigenvalue weighted by Crippen LogP contribution is 2.44. The molecular weight excluding hydrogens is 306 g/mol. The van der Waals surface area contributed by atoms with Gasteiger partial charge in [0.05, 0.1) is 10.6 Å². The Morgan fingerprint density at radius 1 is 1.30 bits per heavy atom. The number of anilines is 1. The molecule has 0 aliphatic carbocycles. The normalized spacial score (nSPS) is 23.1. The van der Waals surface area contributed by atoms with Gasteiger partial charge in [-0.25, -0.2) is 9.97 Å². The number of thiophene rings is 1. The number of nitrogens with one attached hydrogen (secondary N) is 1. The summed E-state index contributed by atoms with van der Waals surface area (Å²) >= 11 is 5.85. The fourth-order valence-corrected chi connectivity index (χ4v) is 6.40. The average Bonchev–Trinajstić information content (AvgIpc) is 2.86. The molecule has 108 valence electrons. The Morgan fingerprint density at radius 2 is 2.10 bits per heavy atom. The van der Waals surface area contributed by atoms with Crippen LogP contribution in [0.5, 0.6) is 0 Å². The minimum atomic E-state index is 0.428. The molecule has 3 rings (SSSR count). The molecule has 0 aromatic carbocycles. The molecule has 20 heavy (non-hydrogen) atoms. The third kappa shape index (κ3) is 2.65. The van der Waals surface area contributed by atoms with Crippen molar-refractivity contribution in [2.75, 3.05) is 23.9 Å². The molecule has 6 heteroatoms. The van der Waals surface area contributed by atoms with Crippen LogP contribution in [0.1, 0.15) is 29.3 Å². The standard InChI is InChI=1S/C14H19N3S3/c1-4-10-11(19-6-5-18-10)13-16-12(15-3)9-7-8(2)20-14(9)17-13/h7,10-11H,4-6H2,1-3H3,(H,15,16,17). The van der Waals surface area contributed by atoms with Crippen LogP contribution in [0.25, 0.3) is 10.2 Å². The van der Waals surface area contributed by atoms with Crippen LogP contribution in [-0.2, 0) is 0 Å². The Labute approximate surface area is 132 Å². The molecule has 2 aromatic heterocycles. The van der Waals surface area contributed by atoms with E-state index in [4.69, 9.17) is 9.97 Å². The zero-order chi connectivity index (χ0) is 14.1. The molecule has 2 aromatic rings. The molecule has 1 saturated heterocycles. The fourth-order valence-electron chi connectivity index (χ4n) is 2.52. The molecule has 1 aliphatic rings. The van der Waals surface area contributed by atoms with Gasteiger partial charge in [-0.2, -0.15) is 11.8 Å². The number of rotatable bonds is 3. The van der Waals surface area contributed by atoms with Crippen molar-refractivity contribution in [1.29, 1.82) is 0 Å². The van der Waals surface area contributed by atoms with Crippen LogP contribution in [0.15, 0.2) is 6.07 Å². The van der Waals surface area contributed by atoms with Crippen molar-refractivity contribution in [3.63, 3.8) is 0 Å². The summed E-state index contributed by atoms with van der Waals surface area (Å²) in [5.74, 6) is 4.43. The maximum Gasteiger partial charge on any atom is 0.146 e. The third-order valence-electron chi connectivity index (χ3n) is 3.48. The molecule has 0 spiro atoms. The molecule has 0 radical (unpaired) electrons. The van der Waals surface area contributed by atoms with Crippen molar-refractivity contribution in [2.45, 2.75) is 30.8 Å². The van der Waals surface area contributed by atoms with E-state index in [2.05, 4.69) is 37.0 Å². The van der Waals surface area contributed by atoms with Gasteiger partial charge in [0.2, 0.25) is 0 Å². The van der Waals surface area contributed by atoms with Crippen LogP contribution in [-0.4, -0.2) is 33.8 Å². The Hall–Kier alpha value is -0.460. The van der Waals surface area contributed by atoms with E-state index in [1.165, 1.54) is 22.8 Å². The van der Waals surface area contributed by atoms with Crippen LogP contribution < -0.4 is 5.32 Å². The minimum Gasteiger partial charge on any atom is -0.372 e. The van der Waals surface area contributed by atoms with E-state index in [-0.39, 0.29) is 0 Å².